The molecule has 0 aromatic heterocycles. The Hall–Kier alpha value is -1.30. The van der Waals surface area contributed by atoms with E-state index in [4.69, 9.17) is 10.9 Å². The van der Waals surface area contributed by atoms with Gasteiger partial charge in [0.1, 0.15) is 5.41 Å². The van der Waals surface area contributed by atoms with Crippen LogP contribution in [0.15, 0.2) is 5.16 Å². The van der Waals surface area contributed by atoms with Crippen LogP contribution in [0.3, 0.4) is 0 Å². The van der Waals surface area contributed by atoms with Crippen LogP contribution in [0.4, 0.5) is 0 Å². The van der Waals surface area contributed by atoms with E-state index in [0.29, 0.717) is 13.0 Å². The van der Waals surface area contributed by atoms with Crippen LogP contribution >= 0.6 is 0 Å². The predicted octanol–water partition coefficient (Wildman–Crippen LogP) is 0.997. The van der Waals surface area contributed by atoms with E-state index in [0.717, 1.165) is 26.1 Å². The first-order valence-corrected chi connectivity index (χ1v) is 6.94. The summed E-state index contributed by atoms with van der Waals surface area (Å²) in [5, 5.41) is 14.6. The van der Waals surface area contributed by atoms with E-state index in [1.165, 1.54) is 0 Å². The first-order chi connectivity index (χ1) is 8.96. The van der Waals surface area contributed by atoms with Crippen LogP contribution < -0.4 is 11.1 Å². The van der Waals surface area contributed by atoms with Crippen LogP contribution in [0, 0.1) is 5.41 Å². The maximum absolute atomic E-state index is 12.1. The van der Waals surface area contributed by atoms with Gasteiger partial charge in [-0.1, -0.05) is 25.9 Å². The van der Waals surface area contributed by atoms with Crippen LogP contribution in [0.2, 0.25) is 0 Å². The van der Waals surface area contributed by atoms with Crippen molar-refractivity contribution >= 4 is 11.7 Å². The maximum atomic E-state index is 12.1. The molecule has 0 bridgehead atoms. The van der Waals surface area contributed by atoms with Crippen LogP contribution in [0.1, 0.15) is 40.5 Å². The topological polar surface area (TPSA) is 91.0 Å². The molecular weight excluding hydrogens is 244 g/mol. The summed E-state index contributed by atoms with van der Waals surface area (Å²) in [6.07, 6.45) is 1.38. The molecule has 19 heavy (non-hydrogen) atoms. The Morgan fingerprint density at radius 3 is 2.37 bits per heavy atom. The van der Waals surface area contributed by atoms with Crippen molar-refractivity contribution in [2.24, 2.45) is 16.3 Å². The van der Waals surface area contributed by atoms with E-state index < -0.39 is 5.41 Å². The molecule has 6 nitrogen and oxygen atoms in total. The molecule has 0 saturated heterocycles. The number of rotatable bonds is 9. The highest BCUT2D eigenvalue weighted by atomic mass is 16.4. The SMILES string of the molecule is CCN(CC)CCCNC(=O)C(C)(CC)C(N)=NO. The van der Waals surface area contributed by atoms with Crippen molar-refractivity contribution in [2.45, 2.75) is 40.5 Å². The Bertz CT molecular complexity index is 303. The summed E-state index contributed by atoms with van der Waals surface area (Å²) in [6.45, 7) is 11.4. The molecule has 0 aliphatic carbocycles. The summed E-state index contributed by atoms with van der Waals surface area (Å²) in [5.74, 6) is -0.235. The second-order valence-electron chi connectivity index (χ2n) is 4.81. The van der Waals surface area contributed by atoms with Gasteiger partial charge in [0.25, 0.3) is 0 Å². The number of amidine groups is 1. The molecule has 0 aromatic carbocycles. The molecule has 0 saturated carbocycles. The lowest BCUT2D eigenvalue weighted by molar-refractivity contribution is -0.127. The van der Waals surface area contributed by atoms with Crippen molar-refractivity contribution in [1.82, 2.24) is 10.2 Å². The summed E-state index contributed by atoms with van der Waals surface area (Å²) in [7, 11) is 0. The van der Waals surface area contributed by atoms with Gasteiger partial charge in [-0.25, -0.2) is 0 Å². The summed E-state index contributed by atoms with van der Waals surface area (Å²) >= 11 is 0. The highest BCUT2D eigenvalue weighted by molar-refractivity contribution is 6.06. The number of amides is 1. The Labute approximate surface area is 116 Å². The third kappa shape index (κ3) is 5.06. The number of carbonyl (C=O) groups is 1. The van der Waals surface area contributed by atoms with Crippen LogP contribution in [0.5, 0.6) is 0 Å². The fourth-order valence-corrected chi connectivity index (χ4v) is 1.81. The summed E-state index contributed by atoms with van der Waals surface area (Å²) in [4.78, 5) is 14.4. The largest absolute Gasteiger partial charge is 0.409 e. The van der Waals surface area contributed by atoms with Gasteiger partial charge in [-0.3, -0.25) is 4.79 Å². The smallest absolute Gasteiger partial charge is 0.233 e. The molecule has 0 spiro atoms. The van der Waals surface area contributed by atoms with Crippen molar-refractivity contribution in [2.75, 3.05) is 26.2 Å². The van der Waals surface area contributed by atoms with Crippen LogP contribution in [-0.2, 0) is 4.79 Å². The summed E-state index contributed by atoms with van der Waals surface area (Å²) in [6, 6.07) is 0. The fourth-order valence-electron chi connectivity index (χ4n) is 1.81. The lowest BCUT2D eigenvalue weighted by Gasteiger charge is -2.25. The number of oxime groups is 1. The molecule has 0 aromatic rings. The highest BCUT2D eigenvalue weighted by Crippen LogP contribution is 2.21. The molecule has 0 aliphatic rings. The van der Waals surface area contributed by atoms with Gasteiger partial charge >= 0.3 is 0 Å². The molecule has 112 valence electrons. The van der Waals surface area contributed by atoms with E-state index in [9.17, 15) is 4.79 Å². The Morgan fingerprint density at radius 1 is 1.37 bits per heavy atom. The van der Waals surface area contributed by atoms with Crippen LogP contribution in [0.25, 0.3) is 0 Å². The molecule has 1 amide bonds. The Balaban J connectivity index is 4.23. The van der Waals surface area contributed by atoms with E-state index in [1.807, 2.05) is 6.92 Å². The van der Waals surface area contributed by atoms with Gasteiger partial charge in [0.05, 0.1) is 0 Å². The number of nitrogens with zero attached hydrogens (tertiary/aromatic N) is 2. The Kier molecular flexibility index (Phi) is 8.14. The second-order valence-corrected chi connectivity index (χ2v) is 4.81. The first-order valence-electron chi connectivity index (χ1n) is 6.94. The molecule has 0 radical (unpaired) electrons. The third-order valence-electron chi connectivity index (χ3n) is 3.71. The fraction of sp³-hybridized carbons (Fsp3) is 0.846. The number of carbonyl (C=O) groups excluding carboxylic acids is 1. The summed E-state index contributed by atoms with van der Waals surface area (Å²) < 4.78 is 0. The van der Waals surface area contributed by atoms with Gasteiger partial charge in [-0.05, 0) is 39.4 Å². The van der Waals surface area contributed by atoms with Gasteiger partial charge in [0.15, 0.2) is 5.84 Å². The zero-order valence-electron chi connectivity index (χ0n) is 12.6. The second kappa shape index (κ2) is 8.74. The number of nitrogens with one attached hydrogen (secondary N) is 1. The number of hydrogen-bond donors (Lipinski definition) is 3. The van der Waals surface area contributed by atoms with Crippen molar-refractivity contribution in [3.63, 3.8) is 0 Å². The van der Waals surface area contributed by atoms with Crippen molar-refractivity contribution in [3.05, 3.63) is 0 Å². The van der Waals surface area contributed by atoms with Crippen molar-refractivity contribution < 1.29 is 10.0 Å². The van der Waals surface area contributed by atoms with Gasteiger partial charge in [0.2, 0.25) is 5.91 Å². The first kappa shape index (κ1) is 17.7. The zero-order chi connectivity index (χ0) is 14.9. The van der Waals surface area contributed by atoms with E-state index in [2.05, 4.69) is 29.2 Å². The predicted molar refractivity (Wildman–Crippen MR) is 77.2 cm³/mol. The molecule has 1 unspecified atom stereocenters. The standard InChI is InChI=1S/C13H28N4O2/c1-5-13(4,11(14)16-19)12(18)15-9-8-10-17(6-2)7-3/h19H,5-10H2,1-4H3,(H2,14,16)(H,15,18). The molecule has 1 atom stereocenters. The number of hydrogen-bond acceptors (Lipinski definition) is 4. The molecule has 4 N–H and O–H groups in total. The van der Waals surface area contributed by atoms with E-state index in [-0.39, 0.29) is 11.7 Å². The number of nitrogens with two attached hydrogens (primary N) is 1. The quantitative estimate of drug-likeness (QED) is 0.192. The van der Waals surface area contributed by atoms with Crippen molar-refractivity contribution in [3.8, 4) is 0 Å². The average molecular weight is 272 g/mol. The zero-order valence-corrected chi connectivity index (χ0v) is 12.6. The molecule has 0 aliphatic heterocycles. The summed E-state index contributed by atoms with van der Waals surface area (Å²) in [5.41, 5.74) is 4.65. The molecular formula is C13H28N4O2. The van der Waals surface area contributed by atoms with Gasteiger partial charge in [0, 0.05) is 6.54 Å². The third-order valence-corrected chi connectivity index (χ3v) is 3.71. The van der Waals surface area contributed by atoms with E-state index >= 15 is 0 Å². The molecule has 0 fully saturated rings. The lowest BCUT2D eigenvalue weighted by Crippen LogP contribution is -2.48. The monoisotopic (exact) mass is 272 g/mol. The molecule has 0 rings (SSSR count). The lowest BCUT2D eigenvalue weighted by atomic mass is 9.85. The normalized spacial score (nSPS) is 15.3. The van der Waals surface area contributed by atoms with E-state index in [1.54, 1.807) is 6.92 Å². The van der Waals surface area contributed by atoms with Crippen LogP contribution in [-0.4, -0.2) is 48.0 Å². The highest BCUT2D eigenvalue weighted by Gasteiger charge is 2.35. The van der Waals surface area contributed by atoms with Crippen molar-refractivity contribution in [1.29, 1.82) is 0 Å². The average Bonchev–Trinajstić information content (AvgIpc) is 2.45. The molecule has 0 heterocycles. The minimum atomic E-state index is -0.941. The van der Waals surface area contributed by atoms with Gasteiger partial charge in [-0.2, -0.15) is 0 Å². The molecule has 6 heteroatoms. The maximum Gasteiger partial charge on any atom is 0.233 e. The van der Waals surface area contributed by atoms with Gasteiger partial charge < -0.3 is 21.2 Å². The minimum absolute atomic E-state index is 0.0451. The minimum Gasteiger partial charge on any atom is -0.409 e. The Morgan fingerprint density at radius 2 is 1.95 bits per heavy atom. The van der Waals surface area contributed by atoms with Gasteiger partial charge in [-0.15, -0.1) is 0 Å².